The highest BCUT2D eigenvalue weighted by atomic mass is 16.2. The molecular formula is C18H18N4O. The summed E-state index contributed by atoms with van der Waals surface area (Å²) in [6.07, 6.45) is 4.54. The molecule has 0 radical (unpaired) electrons. The molecule has 0 aliphatic carbocycles. The fraction of sp³-hybridized carbons (Fsp3) is 0.278. The van der Waals surface area contributed by atoms with Crippen molar-refractivity contribution in [2.24, 2.45) is 0 Å². The molecule has 1 aliphatic rings. The van der Waals surface area contributed by atoms with Crippen LogP contribution in [0.2, 0.25) is 0 Å². The fourth-order valence-corrected chi connectivity index (χ4v) is 3.40. The van der Waals surface area contributed by atoms with E-state index in [1.807, 2.05) is 41.4 Å². The van der Waals surface area contributed by atoms with Crippen molar-refractivity contribution in [2.75, 3.05) is 13.1 Å². The molecule has 5 heteroatoms. The van der Waals surface area contributed by atoms with Crippen LogP contribution in [-0.2, 0) is 0 Å². The van der Waals surface area contributed by atoms with Crippen molar-refractivity contribution in [1.82, 2.24) is 20.1 Å². The number of nitrogens with zero attached hydrogens (tertiary/aromatic N) is 3. The van der Waals surface area contributed by atoms with E-state index in [1.54, 1.807) is 6.20 Å². The van der Waals surface area contributed by atoms with Gasteiger partial charge in [0.25, 0.3) is 5.91 Å². The van der Waals surface area contributed by atoms with Gasteiger partial charge in [-0.15, -0.1) is 0 Å². The first-order chi connectivity index (χ1) is 11.2. The van der Waals surface area contributed by atoms with Crippen LogP contribution in [0, 0.1) is 6.92 Å². The summed E-state index contributed by atoms with van der Waals surface area (Å²) in [5.74, 6) is 0.401. The summed E-state index contributed by atoms with van der Waals surface area (Å²) in [6, 6.07) is 9.65. The van der Waals surface area contributed by atoms with Gasteiger partial charge >= 0.3 is 0 Å². The lowest BCUT2D eigenvalue weighted by Gasteiger charge is -2.17. The monoisotopic (exact) mass is 306 g/mol. The lowest BCUT2D eigenvalue weighted by molar-refractivity contribution is 0.0792. The molecule has 1 saturated heterocycles. The number of hydrogen-bond acceptors (Lipinski definition) is 3. The number of H-pyrrole nitrogens is 1. The summed E-state index contributed by atoms with van der Waals surface area (Å²) in [6.45, 7) is 3.55. The number of rotatable bonds is 2. The highest BCUT2D eigenvalue weighted by molar-refractivity contribution is 6.05. The summed E-state index contributed by atoms with van der Waals surface area (Å²) >= 11 is 0. The molecule has 3 heterocycles. The molecule has 23 heavy (non-hydrogen) atoms. The predicted molar refractivity (Wildman–Crippen MR) is 88.3 cm³/mol. The van der Waals surface area contributed by atoms with Gasteiger partial charge in [-0.1, -0.05) is 18.2 Å². The predicted octanol–water partition coefficient (Wildman–Crippen LogP) is 2.90. The number of carbonyl (C=O) groups excluding carboxylic acids is 1. The first-order valence-corrected chi connectivity index (χ1v) is 7.87. The molecular weight excluding hydrogens is 288 g/mol. The van der Waals surface area contributed by atoms with Gasteiger partial charge in [-0.05, 0) is 31.0 Å². The number of para-hydroxylation sites is 1. The van der Waals surface area contributed by atoms with E-state index in [0.717, 1.165) is 41.7 Å². The number of fused-ring (bicyclic) bond motifs is 1. The Bertz CT molecular complexity index is 865. The standard InChI is InChI=1S/C18H18N4O/c1-12-10-20-21-16(12)14-7-9-22(11-14)18(23)15-6-2-4-13-5-3-8-19-17(13)15/h2-6,8,10,14H,7,9,11H2,1H3,(H,20,21)/t14-/m0/s1. The lowest BCUT2D eigenvalue weighted by atomic mass is 10.0. The van der Waals surface area contributed by atoms with Gasteiger partial charge in [-0.3, -0.25) is 14.9 Å². The number of aromatic amines is 1. The minimum absolute atomic E-state index is 0.0639. The minimum Gasteiger partial charge on any atom is -0.338 e. The number of amides is 1. The molecule has 1 aliphatic heterocycles. The van der Waals surface area contributed by atoms with Gasteiger partial charge in [-0.25, -0.2) is 0 Å². The number of likely N-dealkylation sites (tertiary alicyclic amines) is 1. The van der Waals surface area contributed by atoms with E-state index >= 15 is 0 Å². The van der Waals surface area contributed by atoms with Crippen molar-refractivity contribution in [3.05, 3.63) is 59.5 Å². The summed E-state index contributed by atoms with van der Waals surface area (Å²) in [5, 5.41) is 8.17. The van der Waals surface area contributed by atoms with Crippen LogP contribution >= 0.6 is 0 Å². The number of aryl methyl sites for hydroxylation is 1. The zero-order valence-electron chi connectivity index (χ0n) is 13.0. The Balaban J connectivity index is 1.61. The molecule has 1 N–H and O–H groups in total. The third-order valence-corrected chi connectivity index (χ3v) is 4.61. The molecule has 3 aromatic rings. The van der Waals surface area contributed by atoms with E-state index in [2.05, 4.69) is 22.1 Å². The molecule has 116 valence electrons. The Morgan fingerprint density at radius 3 is 3.00 bits per heavy atom. The van der Waals surface area contributed by atoms with Gasteiger partial charge in [0.05, 0.1) is 17.3 Å². The van der Waals surface area contributed by atoms with Crippen molar-refractivity contribution < 1.29 is 4.79 Å². The molecule has 5 nitrogen and oxygen atoms in total. The number of aromatic nitrogens is 3. The van der Waals surface area contributed by atoms with Gasteiger partial charge in [0.1, 0.15) is 0 Å². The number of carbonyl (C=O) groups is 1. The molecule has 0 saturated carbocycles. The van der Waals surface area contributed by atoms with E-state index in [4.69, 9.17) is 0 Å². The van der Waals surface area contributed by atoms with E-state index in [1.165, 1.54) is 0 Å². The summed E-state index contributed by atoms with van der Waals surface area (Å²) in [4.78, 5) is 19.2. The molecule has 2 aromatic heterocycles. The average Bonchev–Trinajstić information content (AvgIpc) is 3.22. The zero-order valence-corrected chi connectivity index (χ0v) is 13.0. The minimum atomic E-state index is 0.0639. The van der Waals surface area contributed by atoms with Crippen molar-refractivity contribution in [3.63, 3.8) is 0 Å². The first kappa shape index (κ1) is 13.9. The summed E-state index contributed by atoms with van der Waals surface area (Å²) in [5.41, 5.74) is 3.78. The van der Waals surface area contributed by atoms with Gasteiger partial charge in [0.15, 0.2) is 0 Å². The average molecular weight is 306 g/mol. The Morgan fingerprint density at radius 1 is 1.30 bits per heavy atom. The van der Waals surface area contributed by atoms with Crippen molar-refractivity contribution in [3.8, 4) is 0 Å². The number of pyridine rings is 1. The zero-order chi connectivity index (χ0) is 15.8. The maximum atomic E-state index is 12.9. The van der Waals surface area contributed by atoms with Crippen molar-refractivity contribution in [1.29, 1.82) is 0 Å². The Morgan fingerprint density at radius 2 is 2.17 bits per heavy atom. The SMILES string of the molecule is Cc1cn[nH]c1[C@H]1CCN(C(=O)c2cccc3cccnc23)C1. The van der Waals surface area contributed by atoms with Crippen LogP contribution in [0.3, 0.4) is 0 Å². The van der Waals surface area contributed by atoms with Crippen LogP contribution in [0.25, 0.3) is 10.9 Å². The molecule has 1 aromatic carbocycles. The van der Waals surface area contributed by atoms with E-state index < -0.39 is 0 Å². The van der Waals surface area contributed by atoms with Crippen LogP contribution < -0.4 is 0 Å². The molecule has 4 rings (SSSR count). The van der Waals surface area contributed by atoms with E-state index in [9.17, 15) is 4.79 Å². The van der Waals surface area contributed by atoms with Gasteiger partial charge in [0.2, 0.25) is 0 Å². The maximum Gasteiger partial charge on any atom is 0.256 e. The Kier molecular flexibility index (Phi) is 3.33. The van der Waals surface area contributed by atoms with Crippen LogP contribution in [-0.4, -0.2) is 39.1 Å². The Labute approximate surface area is 134 Å². The van der Waals surface area contributed by atoms with Crippen LogP contribution in [0.4, 0.5) is 0 Å². The lowest BCUT2D eigenvalue weighted by Crippen LogP contribution is -2.28. The molecule has 1 fully saturated rings. The second-order valence-electron chi connectivity index (χ2n) is 6.08. The maximum absolute atomic E-state index is 12.9. The van der Waals surface area contributed by atoms with Gasteiger partial charge in [0, 0.05) is 36.3 Å². The smallest absolute Gasteiger partial charge is 0.256 e. The molecule has 1 atom stereocenters. The second-order valence-corrected chi connectivity index (χ2v) is 6.08. The largest absolute Gasteiger partial charge is 0.338 e. The van der Waals surface area contributed by atoms with E-state index in [0.29, 0.717) is 11.5 Å². The Hall–Kier alpha value is -2.69. The second kappa shape index (κ2) is 5.50. The number of nitrogens with one attached hydrogen (secondary N) is 1. The number of hydrogen-bond donors (Lipinski definition) is 1. The third-order valence-electron chi connectivity index (χ3n) is 4.61. The first-order valence-electron chi connectivity index (χ1n) is 7.87. The molecule has 0 unspecified atom stereocenters. The van der Waals surface area contributed by atoms with Crippen LogP contribution in [0.1, 0.15) is 34.0 Å². The van der Waals surface area contributed by atoms with Crippen LogP contribution in [0.15, 0.2) is 42.7 Å². The van der Waals surface area contributed by atoms with E-state index in [-0.39, 0.29) is 5.91 Å². The summed E-state index contributed by atoms with van der Waals surface area (Å²) in [7, 11) is 0. The quantitative estimate of drug-likeness (QED) is 0.792. The van der Waals surface area contributed by atoms with Gasteiger partial charge in [-0.2, -0.15) is 5.10 Å². The highest BCUT2D eigenvalue weighted by Gasteiger charge is 2.30. The number of benzene rings is 1. The highest BCUT2D eigenvalue weighted by Crippen LogP contribution is 2.29. The molecule has 0 bridgehead atoms. The van der Waals surface area contributed by atoms with Crippen LogP contribution in [0.5, 0.6) is 0 Å². The normalized spacial score (nSPS) is 17.8. The van der Waals surface area contributed by atoms with Crippen molar-refractivity contribution >= 4 is 16.8 Å². The molecule has 1 amide bonds. The topological polar surface area (TPSA) is 61.9 Å². The van der Waals surface area contributed by atoms with Gasteiger partial charge < -0.3 is 4.90 Å². The third kappa shape index (κ3) is 2.38. The fourth-order valence-electron chi connectivity index (χ4n) is 3.40. The van der Waals surface area contributed by atoms with Crippen molar-refractivity contribution in [2.45, 2.75) is 19.3 Å². The molecule has 0 spiro atoms. The summed E-state index contributed by atoms with van der Waals surface area (Å²) < 4.78 is 0.